The number of aliphatic imine (C=N–C) groups is 1. The predicted octanol–water partition coefficient (Wildman–Crippen LogP) is 1.51. The zero-order valence-corrected chi connectivity index (χ0v) is 13.9. The Labute approximate surface area is 142 Å². The maximum Gasteiger partial charge on any atom is 0.252 e. The second kappa shape index (κ2) is 7.30. The highest BCUT2D eigenvalue weighted by Crippen LogP contribution is 2.31. The first-order valence-electron chi connectivity index (χ1n) is 6.66. The highest BCUT2D eigenvalue weighted by molar-refractivity contribution is 7.71. The number of H-pyrrole nitrogens is 1. The van der Waals surface area contributed by atoms with Crippen LogP contribution in [-0.4, -0.2) is 29.2 Å². The third-order valence-electron chi connectivity index (χ3n) is 3.09. The fourth-order valence-corrected chi connectivity index (χ4v) is 2.59. The second-order valence-corrected chi connectivity index (χ2v) is 5.45. The molecule has 9 heteroatoms. The second-order valence-electron chi connectivity index (χ2n) is 4.63. The van der Waals surface area contributed by atoms with Crippen molar-refractivity contribution >= 4 is 29.8 Å². The molecule has 0 aliphatic heterocycles. The van der Waals surface area contributed by atoms with Crippen molar-refractivity contribution in [2.75, 3.05) is 13.7 Å². The van der Waals surface area contributed by atoms with E-state index >= 15 is 0 Å². The Kier molecular flexibility index (Phi) is 5.41. The highest BCUT2D eigenvalue weighted by atomic mass is 35.5. The number of hydrogen-bond donors (Lipinski definition) is 3. The molecule has 0 spiro atoms. The molecular formula is C14H16ClN5O2S. The Morgan fingerprint density at radius 3 is 2.83 bits per heavy atom. The topological polar surface area (TPSA) is 111 Å². The average molecular weight is 354 g/mol. The summed E-state index contributed by atoms with van der Waals surface area (Å²) >= 11 is 11.3. The summed E-state index contributed by atoms with van der Waals surface area (Å²) in [5.41, 5.74) is 11.6. The van der Waals surface area contributed by atoms with Gasteiger partial charge in [-0.2, -0.15) is 0 Å². The van der Waals surface area contributed by atoms with E-state index in [1.165, 1.54) is 13.2 Å². The van der Waals surface area contributed by atoms with Gasteiger partial charge in [-0.15, -0.1) is 0 Å². The first kappa shape index (κ1) is 17.0. The van der Waals surface area contributed by atoms with Gasteiger partial charge in [0.05, 0.1) is 19.3 Å². The monoisotopic (exact) mass is 353 g/mol. The number of ether oxygens (including phenoxy) is 1. The summed E-state index contributed by atoms with van der Waals surface area (Å²) in [6.07, 6.45) is 0. The van der Waals surface area contributed by atoms with Gasteiger partial charge < -0.3 is 20.8 Å². The summed E-state index contributed by atoms with van der Waals surface area (Å²) in [5.74, 6) is 0.563. The number of benzene rings is 1. The van der Waals surface area contributed by atoms with Gasteiger partial charge in [-0.3, -0.25) is 14.8 Å². The van der Waals surface area contributed by atoms with Gasteiger partial charge in [0.25, 0.3) is 5.56 Å². The van der Waals surface area contributed by atoms with Crippen LogP contribution in [0.4, 0.5) is 0 Å². The molecule has 0 saturated heterocycles. The Hall–Kier alpha value is -2.32. The molecule has 0 fully saturated rings. The van der Waals surface area contributed by atoms with E-state index in [0.717, 1.165) is 0 Å². The van der Waals surface area contributed by atoms with Crippen LogP contribution in [0, 0.1) is 4.77 Å². The highest BCUT2D eigenvalue weighted by Gasteiger charge is 2.12. The predicted molar refractivity (Wildman–Crippen MR) is 93.6 cm³/mol. The van der Waals surface area contributed by atoms with Crippen LogP contribution in [-0.2, 0) is 6.54 Å². The van der Waals surface area contributed by atoms with Crippen molar-refractivity contribution < 1.29 is 4.74 Å². The number of aromatic amines is 1. The lowest BCUT2D eigenvalue weighted by Gasteiger charge is -2.15. The smallest absolute Gasteiger partial charge is 0.252 e. The molecule has 0 aliphatic carbocycles. The average Bonchev–Trinajstić information content (AvgIpc) is 2.48. The van der Waals surface area contributed by atoms with Crippen LogP contribution in [0.15, 0.2) is 34.1 Å². The zero-order valence-electron chi connectivity index (χ0n) is 12.4. The zero-order chi connectivity index (χ0) is 17.0. The van der Waals surface area contributed by atoms with Crippen LogP contribution in [0.1, 0.15) is 0 Å². The largest absolute Gasteiger partial charge is 0.496 e. The number of nitrogens with zero attached hydrogens (tertiary/aromatic N) is 2. The minimum absolute atomic E-state index is 0.0113. The lowest BCUT2D eigenvalue weighted by atomic mass is 10.1. The lowest BCUT2D eigenvalue weighted by Crippen LogP contribution is -2.24. The molecule has 0 saturated carbocycles. The summed E-state index contributed by atoms with van der Waals surface area (Å²) < 4.78 is 7.33. The SMILES string of the molecule is COc1ccc(Cl)cc1-c1cc(=O)[nH]c(=S)n1CCN=C(N)N. The van der Waals surface area contributed by atoms with Crippen molar-refractivity contribution in [2.45, 2.75) is 6.54 Å². The van der Waals surface area contributed by atoms with Crippen LogP contribution in [0.3, 0.4) is 0 Å². The Morgan fingerprint density at radius 2 is 2.17 bits per heavy atom. The minimum atomic E-state index is -0.315. The maximum atomic E-state index is 11.8. The van der Waals surface area contributed by atoms with Crippen molar-refractivity contribution in [2.24, 2.45) is 16.5 Å². The first-order chi connectivity index (χ1) is 10.9. The number of nitrogens with one attached hydrogen (secondary N) is 1. The normalized spacial score (nSPS) is 10.3. The summed E-state index contributed by atoms with van der Waals surface area (Å²) in [6.45, 7) is 0.705. The Bertz CT molecular complexity index is 855. The number of aromatic nitrogens is 2. The molecule has 0 amide bonds. The Morgan fingerprint density at radius 1 is 1.43 bits per heavy atom. The van der Waals surface area contributed by atoms with E-state index < -0.39 is 0 Å². The van der Waals surface area contributed by atoms with E-state index in [-0.39, 0.29) is 16.3 Å². The van der Waals surface area contributed by atoms with Crippen molar-refractivity contribution in [1.82, 2.24) is 9.55 Å². The van der Waals surface area contributed by atoms with Crippen molar-refractivity contribution in [3.8, 4) is 17.0 Å². The van der Waals surface area contributed by atoms with Gasteiger partial charge in [0, 0.05) is 23.2 Å². The third kappa shape index (κ3) is 4.11. The molecule has 122 valence electrons. The molecule has 7 nitrogen and oxygen atoms in total. The molecule has 1 aromatic heterocycles. The molecule has 0 unspecified atom stereocenters. The minimum Gasteiger partial charge on any atom is -0.496 e. The maximum absolute atomic E-state index is 11.8. The fourth-order valence-electron chi connectivity index (χ4n) is 2.13. The molecule has 2 aromatic rings. The number of guanidine groups is 1. The molecule has 0 atom stereocenters. The molecule has 0 bridgehead atoms. The number of halogens is 1. The van der Waals surface area contributed by atoms with Crippen molar-refractivity contribution in [1.29, 1.82) is 0 Å². The summed E-state index contributed by atoms with van der Waals surface area (Å²) in [7, 11) is 1.54. The van der Waals surface area contributed by atoms with E-state index in [2.05, 4.69) is 9.98 Å². The molecule has 1 heterocycles. The number of rotatable bonds is 5. The number of nitrogens with two attached hydrogens (primary N) is 2. The van der Waals surface area contributed by atoms with Gasteiger partial charge >= 0.3 is 0 Å². The third-order valence-corrected chi connectivity index (χ3v) is 3.65. The van der Waals surface area contributed by atoms with Gasteiger partial charge in [-0.05, 0) is 30.4 Å². The number of hydrogen-bond acceptors (Lipinski definition) is 4. The van der Waals surface area contributed by atoms with Crippen LogP contribution in [0.25, 0.3) is 11.3 Å². The molecule has 0 aliphatic rings. The van der Waals surface area contributed by atoms with Gasteiger partial charge in [-0.1, -0.05) is 11.6 Å². The van der Waals surface area contributed by atoms with E-state index in [1.54, 1.807) is 22.8 Å². The summed E-state index contributed by atoms with van der Waals surface area (Å²) in [4.78, 5) is 18.3. The number of methoxy groups -OCH3 is 1. The van der Waals surface area contributed by atoms with Crippen LogP contribution < -0.4 is 21.8 Å². The lowest BCUT2D eigenvalue weighted by molar-refractivity contribution is 0.416. The standard InChI is InChI=1S/C14H16ClN5O2S/c1-22-11-3-2-8(15)6-9(11)10-7-12(21)19-14(23)20(10)5-4-18-13(16)17/h2-3,6-7H,4-5H2,1H3,(H4,16,17,18)(H,19,21,23). The molecule has 23 heavy (non-hydrogen) atoms. The van der Waals surface area contributed by atoms with Gasteiger partial charge in [0.2, 0.25) is 0 Å². The molecular weight excluding hydrogens is 338 g/mol. The van der Waals surface area contributed by atoms with Crippen molar-refractivity contribution in [3.63, 3.8) is 0 Å². The first-order valence-corrected chi connectivity index (χ1v) is 7.44. The van der Waals surface area contributed by atoms with E-state index in [9.17, 15) is 4.79 Å². The summed E-state index contributed by atoms with van der Waals surface area (Å²) in [6, 6.07) is 6.57. The molecule has 2 rings (SSSR count). The van der Waals surface area contributed by atoms with E-state index in [4.69, 9.17) is 40.0 Å². The quantitative estimate of drug-likeness (QED) is 0.428. The van der Waals surface area contributed by atoms with Crippen LogP contribution >= 0.6 is 23.8 Å². The van der Waals surface area contributed by atoms with Gasteiger partial charge in [0.15, 0.2) is 10.7 Å². The fraction of sp³-hybridized carbons (Fsp3) is 0.214. The van der Waals surface area contributed by atoms with E-state index in [0.29, 0.717) is 35.1 Å². The van der Waals surface area contributed by atoms with Gasteiger partial charge in [0.1, 0.15) is 5.75 Å². The molecule has 1 aromatic carbocycles. The van der Waals surface area contributed by atoms with Crippen LogP contribution in [0.2, 0.25) is 5.02 Å². The Balaban J connectivity index is 2.62. The molecule has 0 radical (unpaired) electrons. The van der Waals surface area contributed by atoms with E-state index in [1.807, 2.05) is 0 Å². The molecule has 5 N–H and O–H groups in total. The van der Waals surface area contributed by atoms with Crippen molar-refractivity contribution in [3.05, 3.63) is 44.4 Å². The summed E-state index contributed by atoms with van der Waals surface area (Å²) in [5, 5.41) is 0.516. The van der Waals surface area contributed by atoms with Gasteiger partial charge in [-0.25, -0.2) is 0 Å². The van der Waals surface area contributed by atoms with Crippen LogP contribution in [0.5, 0.6) is 5.75 Å².